The van der Waals surface area contributed by atoms with Crippen molar-refractivity contribution >= 4 is 10.8 Å². The summed E-state index contributed by atoms with van der Waals surface area (Å²) in [5, 5.41) is 2.47. The van der Waals surface area contributed by atoms with Crippen LogP contribution < -0.4 is 9.47 Å². The van der Waals surface area contributed by atoms with Crippen molar-refractivity contribution in [3.63, 3.8) is 0 Å². The van der Waals surface area contributed by atoms with Crippen LogP contribution in [-0.4, -0.2) is 26.4 Å². The standard InChI is InChI=1S/C11H10O.C9H10O2.2C3H8.2C2H6/c1-12-11-7-6-9-4-2-3-5-10(9)8-11;1-2-4-8(5-3-1)10-6-9-7-11-9;2*1-3-2;2*1-2/h2-8H,1H3;1-5,9H,6-7H2;2*3H2,1-2H3;2*1-2H3. The molecule has 33 heavy (non-hydrogen) atoms. The third kappa shape index (κ3) is 17.7. The molecule has 1 unspecified atom stereocenters. The van der Waals surface area contributed by atoms with Gasteiger partial charge in [-0.15, -0.1) is 0 Å². The maximum atomic E-state index is 5.40. The quantitative estimate of drug-likeness (QED) is 0.367. The molecule has 1 heterocycles. The molecule has 0 radical (unpaired) electrons. The van der Waals surface area contributed by atoms with Gasteiger partial charge in [0.15, 0.2) is 0 Å². The van der Waals surface area contributed by atoms with E-state index in [9.17, 15) is 0 Å². The molecule has 0 N–H and O–H groups in total. The number of para-hydroxylation sites is 1. The summed E-state index contributed by atoms with van der Waals surface area (Å²) in [5.74, 6) is 1.83. The van der Waals surface area contributed by atoms with Gasteiger partial charge in [-0.3, -0.25) is 0 Å². The Labute approximate surface area is 204 Å². The summed E-state index contributed by atoms with van der Waals surface area (Å²) in [7, 11) is 1.68. The van der Waals surface area contributed by atoms with Crippen molar-refractivity contribution in [1.29, 1.82) is 0 Å². The molecule has 1 aliphatic heterocycles. The molecular formula is C30H48O3. The van der Waals surface area contributed by atoms with E-state index in [2.05, 4.69) is 45.9 Å². The van der Waals surface area contributed by atoms with Crippen molar-refractivity contribution in [3.8, 4) is 11.5 Å². The van der Waals surface area contributed by atoms with Crippen molar-refractivity contribution in [1.82, 2.24) is 0 Å². The van der Waals surface area contributed by atoms with Crippen LogP contribution in [0.25, 0.3) is 10.8 Å². The third-order valence-electron chi connectivity index (χ3n) is 3.54. The van der Waals surface area contributed by atoms with Crippen molar-refractivity contribution in [2.75, 3.05) is 20.3 Å². The van der Waals surface area contributed by atoms with Gasteiger partial charge in [-0.1, -0.05) is 117 Å². The molecule has 0 spiro atoms. The van der Waals surface area contributed by atoms with E-state index in [4.69, 9.17) is 14.2 Å². The van der Waals surface area contributed by atoms with Gasteiger partial charge < -0.3 is 14.2 Å². The Morgan fingerprint density at radius 1 is 0.697 bits per heavy atom. The number of epoxide rings is 1. The minimum atomic E-state index is 0.343. The average Bonchev–Trinajstić information content (AvgIpc) is 3.72. The van der Waals surface area contributed by atoms with Crippen LogP contribution in [0.5, 0.6) is 11.5 Å². The molecule has 186 valence electrons. The number of hydrogen-bond donors (Lipinski definition) is 0. The lowest BCUT2D eigenvalue weighted by molar-refractivity contribution is 0.263. The Morgan fingerprint density at radius 3 is 1.67 bits per heavy atom. The fraction of sp³-hybridized carbons (Fsp3) is 0.467. The van der Waals surface area contributed by atoms with Crippen molar-refractivity contribution < 1.29 is 14.2 Å². The van der Waals surface area contributed by atoms with Gasteiger partial charge in [-0.05, 0) is 35.0 Å². The highest BCUT2D eigenvalue weighted by Crippen LogP contribution is 2.19. The van der Waals surface area contributed by atoms with Gasteiger partial charge in [0.1, 0.15) is 24.2 Å². The van der Waals surface area contributed by atoms with Gasteiger partial charge in [-0.2, -0.15) is 0 Å². The van der Waals surface area contributed by atoms with Crippen LogP contribution in [0.3, 0.4) is 0 Å². The predicted octanol–water partition coefficient (Wildman–Crippen LogP) is 9.20. The lowest BCUT2D eigenvalue weighted by Crippen LogP contribution is -2.03. The van der Waals surface area contributed by atoms with E-state index in [-0.39, 0.29) is 0 Å². The van der Waals surface area contributed by atoms with E-state index in [0.717, 1.165) is 18.1 Å². The second-order valence-corrected chi connectivity index (χ2v) is 6.71. The molecule has 1 fully saturated rings. The molecule has 0 aliphatic carbocycles. The first kappa shape index (κ1) is 32.7. The minimum absolute atomic E-state index is 0.343. The second-order valence-electron chi connectivity index (χ2n) is 6.71. The molecule has 0 bridgehead atoms. The monoisotopic (exact) mass is 456 g/mol. The highest BCUT2D eigenvalue weighted by atomic mass is 16.6. The summed E-state index contributed by atoms with van der Waals surface area (Å²) in [6.45, 7) is 18.0. The summed E-state index contributed by atoms with van der Waals surface area (Å²) < 4.78 is 15.5. The minimum Gasteiger partial charge on any atom is -0.497 e. The highest BCUT2D eigenvalue weighted by molar-refractivity contribution is 5.83. The van der Waals surface area contributed by atoms with Gasteiger partial charge in [0.05, 0.1) is 13.7 Å². The van der Waals surface area contributed by atoms with Crippen molar-refractivity contribution in [2.24, 2.45) is 0 Å². The Hall–Kier alpha value is -2.52. The van der Waals surface area contributed by atoms with Crippen LogP contribution in [-0.2, 0) is 4.74 Å². The second kappa shape index (κ2) is 24.1. The molecule has 3 heteroatoms. The summed E-state index contributed by atoms with van der Waals surface area (Å²) in [6.07, 6.45) is 2.84. The van der Waals surface area contributed by atoms with Crippen LogP contribution in [0.4, 0.5) is 0 Å². The molecule has 1 aliphatic rings. The lowest BCUT2D eigenvalue weighted by atomic mass is 10.1. The van der Waals surface area contributed by atoms with Crippen LogP contribution in [0.2, 0.25) is 0 Å². The highest BCUT2D eigenvalue weighted by Gasteiger charge is 2.22. The fourth-order valence-electron chi connectivity index (χ4n) is 2.16. The first-order valence-electron chi connectivity index (χ1n) is 12.5. The van der Waals surface area contributed by atoms with Gasteiger partial charge in [-0.25, -0.2) is 0 Å². The maximum Gasteiger partial charge on any atom is 0.119 e. The van der Waals surface area contributed by atoms with E-state index in [1.54, 1.807) is 7.11 Å². The SMILES string of the molecule is CC.CC.CCC.CCC.COc1ccc2ccccc2c1.c1ccc(OCC2CO2)cc1. The molecule has 0 amide bonds. The summed E-state index contributed by atoms with van der Waals surface area (Å²) in [6, 6.07) is 24.1. The first-order chi connectivity index (χ1) is 16.2. The summed E-state index contributed by atoms with van der Waals surface area (Å²) in [5.41, 5.74) is 0. The number of benzene rings is 3. The first-order valence-corrected chi connectivity index (χ1v) is 12.5. The van der Waals surface area contributed by atoms with Gasteiger partial charge in [0.25, 0.3) is 0 Å². The smallest absolute Gasteiger partial charge is 0.119 e. The topological polar surface area (TPSA) is 31.0 Å². The summed E-state index contributed by atoms with van der Waals surface area (Å²) >= 11 is 0. The van der Waals surface area contributed by atoms with E-state index in [0.29, 0.717) is 12.7 Å². The number of ether oxygens (including phenoxy) is 3. The Balaban J connectivity index is 0. The average molecular weight is 457 g/mol. The Morgan fingerprint density at radius 2 is 1.18 bits per heavy atom. The molecule has 4 rings (SSSR count). The number of fused-ring (bicyclic) bond motifs is 1. The van der Waals surface area contributed by atoms with Gasteiger partial charge in [0.2, 0.25) is 0 Å². The molecule has 3 aromatic carbocycles. The zero-order valence-electron chi connectivity index (χ0n) is 22.6. The summed E-state index contributed by atoms with van der Waals surface area (Å²) in [4.78, 5) is 0. The van der Waals surface area contributed by atoms with E-state index in [1.165, 1.54) is 23.6 Å². The fourth-order valence-corrected chi connectivity index (χ4v) is 2.16. The third-order valence-corrected chi connectivity index (χ3v) is 3.54. The lowest BCUT2D eigenvalue weighted by Gasteiger charge is -2.01. The van der Waals surface area contributed by atoms with Crippen LogP contribution >= 0.6 is 0 Å². The van der Waals surface area contributed by atoms with Crippen molar-refractivity contribution in [2.45, 2.75) is 74.3 Å². The predicted molar refractivity (Wildman–Crippen MR) is 147 cm³/mol. The van der Waals surface area contributed by atoms with E-state index in [1.807, 2.05) is 82.3 Å². The van der Waals surface area contributed by atoms with Crippen LogP contribution in [0.15, 0.2) is 72.8 Å². The van der Waals surface area contributed by atoms with Crippen LogP contribution in [0.1, 0.15) is 68.2 Å². The Kier molecular flexibility index (Phi) is 23.9. The van der Waals surface area contributed by atoms with Crippen molar-refractivity contribution in [3.05, 3.63) is 72.8 Å². The molecule has 0 aromatic heterocycles. The molecule has 1 saturated heterocycles. The zero-order valence-corrected chi connectivity index (χ0v) is 22.6. The van der Waals surface area contributed by atoms with E-state index >= 15 is 0 Å². The van der Waals surface area contributed by atoms with Gasteiger partial charge >= 0.3 is 0 Å². The maximum absolute atomic E-state index is 5.40. The number of rotatable bonds is 4. The van der Waals surface area contributed by atoms with Crippen LogP contribution in [0, 0.1) is 0 Å². The Bertz CT molecular complexity index is 766. The largest absolute Gasteiger partial charge is 0.497 e. The molecule has 0 saturated carbocycles. The van der Waals surface area contributed by atoms with Gasteiger partial charge in [0, 0.05) is 0 Å². The number of hydrogen-bond acceptors (Lipinski definition) is 3. The normalized spacial score (nSPS) is 12.2. The number of methoxy groups -OCH3 is 1. The molecule has 1 atom stereocenters. The molecule has 3 aromatic rings. The molecule has 3 nitrogen and oxygen atoms in total. The van der Waals surface area contributed by atoms with E-state index < -0.39 is 0 Å². The zero-order chi connectivity index (χ0) is 25.3. The molecular weight excluding hydrogens is 408 g/mol.